The Hall–Kier alpha value is -2.62. The number of carbonyl (C=O) groups excluding carboxylic acids is 2. The molecule has 0 atom stereocenters. The zero-order chi connectivity index (χ0) is 12.9. The van der Waals surface area contributed by atoms with Gasteiger partial charge in [-0.1, -0.05) is 6.07 Å². The molecular weight excluding hydrogens is 232 g/mol. The highest BCUT2D eigenvalue weighted by atomic mass is 16.3. The maximum atomic E-state index is 11.7. The minimum absolute atomic E-state index is 0.101. The van der Waals surface area contributed by atoms with Crippen LogP contribution in [-0.4, -0.2) is 21.8 Å². The summed E-state index contributed by atoms with van der Waals surface area (Å²) in [6.45, 7) is 0. The molecule has 2 N–H and O–H groups in total. The lowest BCUT2D eigenvalue weighted by molar-refractivity contribution is -0.111. The third-order valence-corrected chi connectivity index (χ3v) is 2.97. The van der Waals surface area contributed by atoms with Crippen molar-refractivity contribution in [1.82, 2.24) is 0 Å². The average molecular weight is 240 g/mol. The van der Waals surface area contributed by atoms with Crippen LogP contribution >= 0.6 is 0 Å². The van der Waals surface area contributed by atoms with Gasteiger partial charge < -0.3 is 10.2 Å². The maximum absolute atomic E-state index is 11.7. The summed E-state index contributed by atoms with van der Waals surface area (Å²) in [5.41, 5.74) is 0.510. The van der Waals surface area contributed by atoms with Crippen LogP contribution in [-0.2, 0) is 4.79 Å². The Morgan fingerprint density at radius 1 is 0.833 bits per heavy atom. The first-order valence-corrected chi connectivity index (χ1v) is 5.33. The molecule has 2 aromatic carbocycles. The van der Waals surface area contributed by atoms with Crippen molar-refractivity contribution < 1.29 is 19.8 Å². The van der Waals surface area contributed by atoms with Crippen LogP contribution in [0.3, 0.4) is 0 Å². The van der Waals surface area contributed by atoms with E-state index in [1.807, 2.05) is 0 Å². The van der Waals surface area contributed by atoms with Crippen LogP contribution in [0.5, 0.6) is 5.75 Å². The van der Waals surface area contributed by atoms with Gasteiger partial charge in [0.25, 0.3) is 0 Å². The van der Waals surface area contributed by atoms with E-state index in [0.717, 1.165) is 11.5 Å². The van der Waals surface area contributed by atoms with E-state index in [0.29, 0.717) is 10.9 Å². The fourth-order valence-corrected chi connectivity index (χ4v) is 2.09. The maximum Gasteiger partial charge on any atom is 0.233 e. The quantitative estimate of drug-likeness (QED) is 0.692. The zero-order valence-corrected chi connectivity index (χ0v) is 9.18. The first-order chi connectivity index (χ1) is 8.56. The molecule has 0 saturated heterocycles. The smallest absolute Gasteiger partial charge is 0.233 e. The molecule has 0 radical (unpaired) electrons. The lowest BCUT2D eigenvalue weighted by Gasteiger charge is -2.13. The fourth-order valence-electron chi connectivity index (χ4n) is 2.09. The van der Waals surface area contributed by atoms with Gasteiger partial charge in [-0.3, -0.25) is 9.59 Å². The van der Waals surface area contributed by atoms with Crippen molar-refractivity contribution in [1.29, 1.82) is 0 Å². The topological polar surface area (TPSA) is 74.6 Å². The number of aliphatic hydroxyl groups is 1. The van der Waals surface area contributed by atoms with Crippen LogP contribution in [0.4, 0.5) is 0 Å². The second-order valence-electron chi connectivity index (χ2n) is 4.15. The molecular formula is C14H8O4. The number of hydrogen-bond acceptors (Lipinski definition) is 4. The van der Waals surface area contributed by atoms with Crippen LogP contribution in [0, 0.1) is 0 Å². The molecule has 0 unspecified atom stereocenters. The predicted octanol–water partition coefficient (Wildman–Crippen LogP) is 2.21. The summed E-state index contributed by atoms with van der Waals surface area (Å²) >= 11 is 0. The summed E-state index contributed by atoms with van der Waals surface area (Å²) in [7, 11) is 0. The first kappa shape index (κ1) is 10.5. The second-order valence-corrected chi connectivity index (χ2v) is 4.15. The number of phenolic OH excluding ortho intramolecular Hbond substituents is 1. The van der Waals surface area contributed by atoms with Crippen molar-refractivity contribution >= 4 is 28.1 Å². The molecule has 0 aliphatic heterocycles. The zero-order valence-electron chi connectivity index (χ0n) is 9.18. The summed E-state index contributed by atoms with van der Waals surface area (Å²) in [6, 6.07) is 7.82. The molecule has 18 heavy (non-hydrogen) atoms. The third-order valence-electron chi connectivity index (χ3n) is 2.97. The number of fused-ring (bicyclic) bond motifs is 2. The van der Waals surface area contributed by atoms with Crippen molar-refractivity contribution in [3.63, 3.8) is 0 Å². The highest BCUT2D eigenvalue weighted by Gasteiger charge is 2.26. The molecule has 1 aliphatic carbocycles. The van der Waals surface area contributed by atoms with E-state index in [9.17, 15) is 19.8 Å². The lowest BCUT2D eigenvalue weighted by Crippen LogP contribution is -2.18. The minimum Gasteiger partial charge on any atom is -0.508 e. The number of aliphatic hydroxyl groups excluding tert-OH is 1. The molecule has 0 amide bonds. The Kier molecular flexibility index (Phi) is 2.01. The number of carbonyl (C=O) groups is 2. The Bertz CT molecular complexity index is 741. The second kappa shape index (κ2) is 3.43. The molecule has 0 fully saturated rings. The Morgan fingerprint density at radius 3 is 2.33 bits per heavy atom. The summed E-state index contributed by atoms with van der Waals surface area (Å²) < 4.78 is 0. The standard InChI is InChI=1S/C14H8O4/c15-9-2-1-7-4-11-10(5-8(7)3-9)12(16)6-13(17)14(11)18/h1-6,15-16H. The van der Waals surface area contributed by atoms with E-state index in [4.69, 9.17) is 0 Å². The van der Waals surface area contributed by atoms with E-state index >= 15 is 0 Å². The molecule has 4 heteroatoms. The number of hydrogen-bond donors (Lipinski definition) is 2. The number of allylic oxidation sites excluding steroid dienone is 1. The molecule has 0 bridgehead atoms. The molecule has 3 rings (SSSR count). The molecule has 4 nitrogen and oxygen atoms in total. The van der Waals surface area contributed by atoms with Gasteiger partial charge in [0, 0.05) is 17.2 Å². The van der Waals surface area contributed by atoms with Crippen LogP contribution < -0.4 is 0 Å². The predicted molar refractivity (Wildman–Crippen MR) is 65.6 cm³/mol. The van der Waals surface area contributed by atoms with Crippen LogP contribution in [0.15, 0.2) is 36.4 Å². The highest BCUT2D eigenvalue weighted by molar-refractivity contribution is 6.50. The van der Waals surface area contributed by atoms with Crippen LogP contribution in [0.25, 0.3) is 16.5 Å². The van der Waals surface area contributed by atoms with Gasteiger partial charge in [0.05, 0.1) is 0 Å². The molecule has 0 aromatic heterocycles. The van der Waals surface area contributed by atoms with Gasteiger partial charge in [0.15, 0.2) is 0 Å². The number of phenols is 1. The van der Waals surface area contributed by atoms with Crippen molar-refractivity contribution in [3.8, 4) is 5.75 Å². The Morgan fingerprint density at radius 2 is 1.56 bits per heavy atom. The van der Waals surface area contributed by atoms with Gasteiger partial charge in [-0.25, -0.2) is 0 Å². The van der Waals surface area contributed by atoms with E-state index in [2.05, 4.69) is 0 Å². The average Bonchev–Trinajstić information content (AvgIpc) is 2.34. The van der Waals surface area contributed by atoms with E-state index < -0.39 is 11.6 Å². The monoisotopic (exact) mass is 240 g/mol. The Balaban J connectivity index is 2.38. The normalized spacial score (nSPS) is 14.6. The van der Waals surface area contributed by atoms with Crippen molar-refractivity contribution in [2.45, 2.75) is 0 Å². The molecule has 0 saturated carbocycles. The SMILES string of the molecule is O=C1C=C(O)c2cc3cc(O)ccc3cc2C1=O. The van der Waals surface area contributed by atoms with Crippen molar-refractivity contribution in [2.75, 3.05) is 0 Å². The summed E-state index contributed by atoms with van der Waals surface area (Å²) in [5.74, 6) is -1.47. The van der Waals surface area contributed by atoms with Gasteiger partial charge >= 0.3 is 0 Å². The molecule has 2 aromatic rings. The van der Waals surface area contributed by atoms with Gasteiger partial charge in [-0.15, -0.1) is 0 Å². The minimum atomic E-state index is -0.724. The van der Waals surface area contributed by atoms with E-state index in [-0.39, 0.29) is 17.1 Å². The van der Waals surface area contributed by atoms with Crippen LogP contribution in [0.1, 0.15) is 15.9 Å². The molecule has 0 heterocycles. The number of rotatable bonds is 0. The van der Waals surface area contributed by atoms with Gasteiger partial charge in [-0.2, -0.15) is 0 Å². The third kappa shape index (κ3) is 1.39. The van der Waals surface area contributed by atoms with E-state index in [1.54, 1.807) is 18.2 Å². The molecule has 1 aliphatic rings. The summed E-state index contributed by atoms with van der Waals surface area (Å²) in [4.78, 5) is 23.0. The summed E-state index contributed by atoms with van der Waals surface area (Å²) in [6.07, 6.45) is 0.916. The highest BCUT2D eigenvalue weighted by Crippen LogP contribution is 2.29. The van der Waals surface area contributed by atoms with Gasteiger partial charge in [-0.05, 0) is 35.0 Å². The first-order valence-electron chi connectivity index (χ1n) is 5.33. The number of ketones is 2. The Labute approximate surface area is 102 Å². The van der Waals surface area contributed by atoms with Crippen LogP contribution in [0.2, 0.25) is 0 Å². The lowest BCUT2D eigenvalue weighted by atomic mass is 9.91. The number of Topliss-reactive ketones (excluding diaryl/α,β-unsaturated/α-hetero) is 1. The van der Waals surface area contributed by atoms with Gasteiger partial charge in [0.1, 0.15) is 11.5 Å². The fraction of sp³-hybridized carbons (Fsp3) is 0. The molecule has 88 valence electrons. The van der Waals surface area contributed by atoms with Crippen molar-refractivity contribution in [3.05, 3.63) is 47.5 Å². The number of benzene rings is 2. The molecule has 0 spiro atoms. The van der Waals surface area contributed by atoms with Gasteiger partial charge in [0.2, 0.25) is 11.6 Å². The summed E-state index contributed by atoms with van der Waals surface area (Å²) in [5, 5.41) is 20.5. The van der Waals surface area contributed by atoms with Crippen molar-refractivity contribution in [2.24, 2.45) is 0 Å². The number of aromatic hydroxyl groups is 1. The largest absolute Gasteiger partial charge is 0.508 e. The van der Waals surface area contributed by atoms with E-state index in [1.165, 1.54) is 12.1 Å².